The third kappa shape index (κ3) is 4.12. The van der Waals surface area contributed by atoms with Gasteiger partial charge in [-0.25, -0.2) is 13.4 Å². The van der Waals surface area contributed by atoms with Crippen molar-refractivity contribution in [2.45, 2.75) is 43.2 Å². The molecule has 2 aliphatic rings. The molecule has 1 aromatic heterocycles. The van der Waals surface area contributed by atoms with Crippen LogP contribution in [0.3, 0.4) is 0 Å². The quantitative estimate of drug-likeness (QED) is 0.635. The predicted molar refractivity (Wildman–Crippen MR) is 125 cm³/mol. The van der Waals surface area contributed by atoms with E-state index in [0.717, 1.165) is 53.8 Å². The maximum Gasteiger partial charge on any atom is 0.180 e. The van der Waals surface area contributed by atoms with Gasteiger partial charge in [0, 0.05) is 42.3 Å². The number of hydrogen-bond acceptors (Lipinski definition) is 6. The van der Waals surface area contributed by atoms with Crippen LogP contribution in [-0.4, -0.2) is 37.8 Å². The van der Waals surface area contributed by atoms with E-state index in [1.807, 2.05) is 18.2 Å². The van der Waals surface area contributed by atoms with Gasteiger partial charge in [0.15, 0.2) is 9.84 Å². The Morgan fingerprint density at radius 1 is 1.16 bits per heavy atom. The molecule has 2 aromatic carbocycles. The number of pyridine rings is 1. The van der Waals surface area contributed by atoms with Crippen molar-refractivity contribution in [2.75, 3.05) is 29.1 Å². The molecule has 1 aliphatic heterocycles. The van der Waals surface area contributed by atoms with Crippen LogP contribution < -0.4 is 16.0 Å². The van der Waals surface area contributed by atoms with Gasteiger partial charge >= 0.3 is 0 Å². The number of anilines is 2. The van der Waals surface area contributed by atoms with E-state index in [9.17, 15) is 8.42 Å². The maximum atomic E-state index is 12.8. The summed E-state index contributed by atoms with van der Waals surface area (Å²) >= 11 is 0. The molecule has 0 amide bonds. The van der Waals surface area contributed by atoms with Gasteiger partial charge in [0.25, 0.3) is 0 Å². The van der Waals surface area contributed by atoms with Crippen LogP contribution in [0.4, 0.5) is 11.5 Å². The lowest BCUT2D eigenvalue weighted by Gasteiger charge is -2.23. The van der Waals surface area contributed by atoms with Crippen molar-refractivity contribution < 1.29 is 8.42 Å². The number of nitrogens with one attached hydrogen (secondary N) is 1. The van der Waals surface area contributed by atoms with Crippen molar-refractivity contribution in [1.29, 1.82) is 0 Å². The van der Waals surface area contributed by atoms with Gasteiger partial charge in [-0.05, 0) is 49.9 Å². The zero-order valence-electron chi connectivity index (χ0n) is 17.8. The van der Waals surface area contributed by atoms with E-state index in [1.165, 1.54) is 5.56 Å². The zero-order chi connectivity index (χ0) is 21.6. The molecule has 0 saturated heterocycles. The molecular weight excluding hydrogens is 408 g/mol. The Kier molecular flexibility index (Phi) is 4.90. The molecule has 1 saturated carbocycles. The van der Waals surface area contributed by atoms with Crippen molar-refractivity contribution in [3.63, 3.8) is 0 Å². The summed E-state index contributed by atoms with van der Waals surface area (Å²) in [6.45, 7) is 3.81. The van der Waals surface area contributed by atoms with Gasteiger partial charge < -0.3 is 16.0 Å². The summed E-state index contributed by atoms with van der Waals surface area (Å²) in [4.78, 5) is 7.40. The summed E-state index contributed by atoms with van der Waals surface area (Å²) in [5.74, 6) is 0.871. The Hall–Kier alpha value is -2.64. The Labute approximate surface area is 183 Å². The predicted octanol–water partition coefficient (Wildman–Crippen LogP) is 3.63. The smallest absolute Gasteiger partial charge is 0.180 e. The van der Waals surface area contributed by atoms with Crippen LogP contribution in [-0.2, 0) is 16.4 Å². The van der Waals surface area contributed by atoms with Gasteiger partial charge in [0.05, 0.1) is 16.2 Å². The van der Waals surface area contributed by atoms with Gasteiger partial charge in [-0.15, -0.1) is 0 Å². The number of hydrogen-bond donors (Lipinski definition) is 2. The fraction of sp³-hybridized carbons (Fsp3) is 0.375. The Morgan fingerprint density at radius 2 is 1.97 bits per heavy atom. The van der Waals surface area contributed by atoms with Crippen LogP contribution in [0.2, 0.25) is 0 Å². The second-order valence-corrected chi connectivity index (χ2v) is 11.0. The first-order valence-corrected chi connectivity index (χ1v) is 12.5. The first-order chi connectivity index (χ1) is 14.8. The Balaban J connectivity index is 1.51. The number of benzene rings is 2. The van der Waals surface area contributed by atoms with E-state index in [4.69, 9.17) is 10.7 Å². The van der Waals surface area contributed by atoms with E-state index < -0.39 is 9.84 Å². The van der Waals surface area contributed by atoms with Gasteiger partial charge in [0.1, 0.15) is 5.82 Å². The molecule has 6 nitrogen and oxygen atoms in total. The first-order valence-electron chi connectivity index (χ1n) is 10.8. The van der Waals surface area contributed by atoms with Crippen LogP contribution in [0.5, 0.6) is 0 Å². The normalized spacial score (nSPS) is 19.0. The molecule has 0 unspecified atom stereocenters. The molecule has 5 rings (SSSR count). The highest BCUT2D eigenvalue weighted by atomic mass is 32.2. The number of nitrogens with two attached hydrogens (primary N) is 1. The zero-order valence-corrected chi connectivity index (χ0v) is 18.6. The van der Waals surface area contributed by atoms with Crippen LogP contribution in [0.15, 0.2) is 53.4 Å². The third-order valence-electron chi connectivity index (χ3n) is 6.40. The van der Waals surface area contributed by atoms with E-state index in [0.29, 0.717) is 18.0 Å². The minimum absolute atomic E-state index is 0.00254. The summed E-state index contributed by atoms with van der Waals surface area (Å²) in [5.41, 5.74) is 10.2. The van der Waals surface area contributed by atoms with Crippen molar-refractivity contribution >= 4 is 32.2 Å². The van der Waals surface area contributed by atoms with Crippen LogP contribution in [0.1, 0.15) is 30.4 Å². The van der Waals surface area contributed by atoms with Crippen molar-refractivity contribution in [2.24, 2.45) is 5.73 Å². The summed E-state index contributed by atoms with van der Waals surface area (Å²) in [7, 11) is -3.30. The van der Waals surface area contributed by atoms with E-state index in [2.05, 4.69) is 35.3 Å². The highest BCUT2D eigenvalue weighted by Crippen LogP contribution is 2.36. The van der Waals surface area contributed by atoms with Gasteiger partial charge in [-0.2, -0.15) is 0 Å². The molecule has 1 fully saturated rings. The van der Waals surface area contributed by atoms with E-state index >= 15 is 0 Å². The molecular formula is C24H28N4O2S. The molecule has 0 atom stereocenters. The lowest BCUT2D eigenvalue weighted by molar-refractivity contribution is 0.596. The number of aromatic nitrogens is 1. The second kappa shape index (κ2) is 7.50. The van der Waals surface area contributed by atoms with Gasteiger partial charge in [-0.1, -0.05) is 29.8 Å². The van der Waals surface area contributed by atoms with Gasteiger partial charge in [0.2, 0.25) is 0 Å². The molecule has 0 bridgehead atoms. The summed E-state index contributed by atoms with van der Waals surface area (Å²) in [6.07, 6.45) is 3.13. The number of nitrogens with zero attached hydrogens (tertiary/aromatic N) is 2. The standard InChI is InChI=1S/C24H28N4O2S/c1-17-6-7-20-19(14-17)21(26-11-10-24(25)8-9-24)15-23(27-20)28-12-13-31(29,30)22-5-3-2-4-18(22)16-28/h2-7,14-15H,8-13,16,25H2,1H3,(H,26,27). The Bertz CT molecular complexity index is 1250. The van der Waals surface area contributed by atoms with Crippen LogP contribution in [0.25, 0.3) is 10.9 Å². The highest BCUT2D eigenvalue weighted by molar-refractivity contribution is 7.91. The molecule has 3 N–H and O–H groups in total. The number of sulfone groups is 1. The molecule has 1 aliphatic carbocycles. The molecule has 3 aromatic rings. The van der Waals surface area contributed by atoms with Gasteiger partial charge in [-0.3, -0.25) is 0 Å². The number of rotatable bonds is 5. The van der Waals surface area contributed by atoms with Crippen molar-refractivity contribution in [3.8, 4) is 0 Å². The minimum Gasteiger partial charge on any atom is -0.384 e. The molecule has 7 heteroatoms. The lowest BCUT2D eigenvalue weighted by Crippen LogP contribution is -2.27. The minimum atomic E-state index is -3.30. The molecule has 2 heterocycles. The average Bonchev–Trinajstić information content (AvgIpc) is 3.50. The summed E-state index contributed by atoms with van der Waals surface area (Å²) in [6, 6.07) is 15.6. The molecule has 31 heavy (non-hydrogen) atoms. The largest absolute Gasteiger partial charge is 0.384 e. The fourth-order valence-corrected chi connectivity index (χ4v) is 5.75. The topological polar surface area (TPSA) is 88.3 Å². The third-order valence-corrected chi connectivity index (χ3v) is 8.19. The number of aryl methyl sites for hydroxylation is 1. The monoisotopic (exact) mass is 436 g/mol. The van der Waals surface area contributed by atoms with E-state index in [-0.39, 0.29) is 11.3 Å². The Morgan fingerprint density at radius 3 is 2.77 bits per heavy atom. The fourth-order valence-electron chi connectivity index (χ4n) is 4.25. The molecule has 162 valence electrons. The maximum absolute atomic E-state index is 12.8. The van der Waals surface area contributed by atoms with Crippen molar-refractivity contribution in [1.82, 2.24) is 4.98 Å². The van der Waals surface area contributed by atoms with Crippen LogP contribution in [0, 0.1) is 6.92 Å². The lowest BCUT2D eigenvalue weighted by atomic mass is 10.1. The molecule has 0 spiro atoms. The average molecular weight is 437 g/mol. The number of fused-ring (bicyclic) bond motifs is 2. The summed E-state index contributed by atoms with van der Waals surface area (Å²) < 4.78 is 25.5. The second-order valence-electron chi connectivity index (χ2n) is 8.94. The summed E-state index contributed by atoms with van der Waals surface area (Å²) in [5, 5.41) is 4.65. The van der Waals surface area contributed by atoms with Crippen molar-refractivity contribution in [3.05, 3.63) is 59.7 Å². The van der Waals surface area contributed by atoms with Crippen LogP contribution >= 0.6 is 0 Å². The molecule has 0 radical (unpaired) electrons. The first kappa shape index (κ1) is 20.3. The highest BCUT2D eigenvalue weighted by Gasteiger charge is 2.37. The van der Waals surface area contributed by atoms with E-state index in [1.54, 1.807) is 12.1 Å². The SMILES string of the molecule is Cc1ccc2nc(N3CCS(=O)(=O)c4ccccc4C3)cc(NCCC3(N)CC3)c2c1.